The van der Waals surface area contributed by atoms with E-state index in [1.165, 1.54) is 30.4 Å². The van der Waals surface area contributed by atoms with E-state index in [0.29, 0.717) is 17.6 Å². The molecule has 5 rings (SSSR count). The van der Waals surface area contributed by atoms with Crippen LogP contribution in [0.2, 0.25) is 0 Å². The Hall–Kier alpha value is -1.67. The lowest BCUT2D eigenvalue weighted by atomic mass is 9.47. The standard InChI is InChI=1S/C29H38O2/c1-19-6-4-5-7-20(19)8-13-27(31)26-12-11-24-23-10-9-21-18-22(30)14-16-28(21,2)25(23)15-17-29(24,26)3/h4-9,13,22-26,30H,10-12,14-18H2,1-3H3/b13-8+/t22-,23-,24-,25-,26?,28-,29-/m0/s1. The number of fused-ring (bicyclic) bond motifs is 5. The smallest absolute Gasteiger partial charge is 0.159 e. The molecule has 0 radical (unpaired) electrons. The molecule has 4 aliphatic carbocycles. The predicted molar refractivity (Wildman–Crippen MR) is 126 cm³/mol. The highest BCUT2D eigenvalue weighted by Crippen LogP contribution is 2.66. The lowest BCUT2D eigenvalue weighted by Crippen LogP contribution is -2.50. The molecule has 0 bridgehead atoms. The number of aliphatic hydroxyl groups is 1. The number of carbonyl (C=O) groups is 1. The van der Waals surface area contributed by atoms with Crippen molar-refractivity contribution in [2.24, 2.45) is 34.5 Å². The van der Waals surface area contributed by atoms with Crippen molar-refractivity contribution in [3.63, 3.8) is 0 Å². The molecule has 3 fully saturated rings. The Morgan fingerprint density at radius 1 is 1.06 bits per heavy atom. The molecule has 2 nitrogen and oxygen atoms in total. The molecule has 2 heteroatoms. The molecule has 0 aromatic heterocycles. The van der Waals surface area contributed by atoms with Gasteiger partial charge in [0, 0.05) is 5.92 Å². The zero-order valence-corrected chi connectivity index (χ0v) is 19.4. The minimum Gasteiger partial charge on any atom is -0.393 e. The molecule has 0 amide bonds. The quantitative estimate of drug-likeness (QED) is 0.448. The van der Waals surface area contributed by atoms with Crippen molar-refractivity contribution >= 4 is 11.9 Å². The third kappa shape index (κ3) is 3.37. The van der Waals surface area contributed by atoms with Gasteiger partial charge < -0.3 is 5.11 Å². The fraction of sp³-hybridized carbons (Fsp3) is 0.621. The number of aryl methyl sites for hydroxylation is 1. The van der Waals surface area contributed by atoms with Gasteiger partial charge in [0.1, 0.15) is 0 Å². The van der Waals surface area contributed by atoms with Gasteiger partial charge in [-0.15, -0.1) is 0 Å². The van der Waals surface area contributed by atoms with Gasteiger partial charge in [-0.2, -0.15) is 0 Å². The van der Waals surface area contributed by atoms with Crippen LogP contribution in [0.4, 0.5) is 0 Å². The number of benzene rings is 1. The Bertz CT molecular complexity index is 926. The normalized spacial score (nSPS) is 41.9. The van der Waals surface area contributed by atoms with Gasteiger partial charge in [-0.25, -0.2) is 0 Å². The monoisotopic (exact) mass is 418 g/mol. The van der Waals surface area contributed by atoms with Gasteiger partial charge in [0.05, 0.1) is 6.10 Å². The maximum absolute atomic E-state index is 13.4. The Morgan fingerprint density at radius 3 is 2.68 bits per heavy atom. The molecule has 7 atom stereocenters. The van der Waals surface area contributed by atoms with Gasteiger partial charge in [-0.1, -0.05) is 55.8 Å². The van der Waals surface area contributed by atoms with Gasteiger partial charge in [-0.3, -0.25) is 4.79 Å². The Morgan fingerprint density at radius 2 is 1.87 bits per heavy atom. The zero-order valence-electron chi connectivity index (χ0n) is 19.4. The first-order valence-corrected chi connectivity index (χ1v) is 12.5. The number of hydrogen-bond donors (Lipinski definition) is 1. The summed E-state index contributed by atoms with van der Waals surface area (Å²) in [5.74, 6) is 2.61. The average Bonchev–Trinajstić information content (AvgIpc) is 3.11. The van der Waals surface area contributed by atoms with Gasteiger partial charge in [0.25, 0.3) is 0 Å². The zero-order chi connectivity index (χ0) is 21.8. The van der Waals surface area contributed by atoms with Crippen LogP contribution in [0.25, 0.3) is 6.08 Å². The fourth-order valence-electron chi connectivity index (χ4n) is 8.17. The summed E-state index contributed by atoms with van der Waals surface area (Å²) in [7, 11) is 0. The van der Waals surface area contributed by atoms with Crippen molar-refractivity contribution in [3.8, 4) is 0 Å². The molecule has 4 aliphatic rings. The van der Waals surface area contributed by atoms with Gasteiger partial charge in [0.15, 0.2) is 5.78 Å². The first-order chi connectivity index (χ1) is 14.8. The van der Waals surface area contributed by atoms with E-state index in [-0.39, 0.29) is 22.9 Å². The summed E-state index contributed by atoms with van der Waals surface area (Å²) >= 11 is 0. The van der Waals surface area contributed by atoms with E-state index in [9.17, 15) is 9.90 Å². The molecule has 0 spiro atoms. The Balaban J connectivity index is 1.37. The molecule has 0 heterocycles. The average molecular weight is 419 g/mol. The topological polar surface area (TPSA) is 37.3 Å². The number of rotatable bonds is 3. The number of ketones is 1. The second kappa shape index (κ2) is 7.73. The van der Waals surface area contributed by atoms with Crippen molar-refractivity contribution in [1.29, 1.82) is 0 Å². The molecule has 0 saturated heterocycles. The number of allylic oxidation sites excluding steroid dienone is 2. The summed E-state index contributed by atoms with van der Waals surface area (Å²) in [6.07, 6.45) is 15.0. The van der Waals surface area contributed by atoms with Crippen LogP contribution in [0.15, 0.2) is 42.0 Å². The van der Waals surface area contributed by atoms with Crippen LogP contribution in [0.1, 0.15) is 76.3 Å². The second-order valence-electron chi connectivity index (χ2n) is 11.4. The summed E-state index contributed by atoms with van der Waals surface area (Å²) < 4.78 is 0. The SMILES string of the molecule is Cc1ccccc1/C=C/C(=O)C1CC[C@H]2[C@@H]3CC=C4C[C@@H](O)CC[C@]4(C)[C@H]3CC[C@]12C. The highest BCUT2D eigenvalue weighted by Gasteiger charge is 2.59. The Kier molecular flexibility index (Phi) is 5.28. The summed E-state index contributed by atoms with van der Waals surface area (Å²) in [5.41, 5.74) is 4.32. The van der Waals surface area contributed by atoms with E-state index in [2.05, 4.69) is 39.0 Å². The molecule has 31 heavy (non-hydrogen) atoms. The van der Waals surface area contributed by atoms with Crippen LogP contribution < -0.4 is 0 Å². The maximum Gasteiger partial charge on any atom is 0.159 e. The third-order valence-electron chi connectivity index (χ3n) is 10.0. The molecular formula is C29H38O2. The lowest BCUT2D eigenvalue weighted by Gasteiger charge is -2.57. The van der Waals surface area contributed by atoms with Gasteiger partial charge in [-0.05, 0) is 104 Å². The van der Waals surface area contributed by atoms with Crippen LogP contribution in [0.5, 0.6) is 0 Å². The first-order valence-electron chi connectivity index (χ1n) is 12.5. The highest BCUT2D eigenvalue weighted by atomic mass is 16.3. The molecule has 1 aromatic carbocycles. The van der Waals surface area contributed by atoms with Gasteiger partial charge >= 0.3 is 0 Å². The lowest BCUT2D eigenvalue weighted by molar-refractivity contribution is -0.124. The van der Waals surface area contributed by atoms with E-state index in [0.717, 1.165) is 43.6 Å². The van der Waals surface area contributed by atoms with Crippen LogP contribution >= 0.6 is 0 Å². The van der Waals surface area contributed by atoms with E-state index in [1.54, 1.807) is 0 Å². The van der Waals surface area contributed by atoms with Crippen molar-refractivity contribution < 1.29 is 9.90 Å². The maximum atomic E-state index is 13.4. The molecule has 166 valence electrons. The van der Waals surface area contributed by atoms with Crippen LogP contribution in [0.3, 0.4) is 0 Å². The van der Waals surface area contributed by atoms with Crippen LogP contribution in [-0.2, 0) is 4.79 Å². The predicted octanol–water partition coefficient (Wildman–Crippen LogP) is 6.52. The highest BCUT2D eigenvalue weighted by molar-refractivity contribution is 5.96. The molecule has 1 unspecified atom stereocenters. The van der Waals surface area contributed by atoms with E-state index >= 15 is 0 Å². The largest absolute Gasteiger partial charge is 0.393 e. The van der Waals surface area contributed by atoms with Crippen LogP contribution in [-0.4, -0.2) is 17.0 Å². The van der Waals surface area contributed by atoms with Crippen molar-refractivity contribution in [1.82, 2.24) is 0 Å². The third-order valence-corrected chi connectivity index (χ3v) is 10.0. The fourth-order valence-corrected chi connectivity index (χ4v) is 8.17. The van der Waals surface area contributed by atoms with E-state index in [1.807, 2.05) is 24.3 Å². The summed E-state index contributed by atoms with van der Waals surface area (Å²) in [4.78, 5) is 13.4. The first kappa shape index (κ1) is 21.2. The molecular weight excluding hydrogens is 380 g/mol. The molecule has 1 aromatic rings. The number of aliphatic hydroxyl groups excluding tert-OH is 1. The Labute approximate surface area is 187 Å². The minimum absolute atomic E-state index is 0.141. The van der Waals surface area contributed by atoms with Crippen molar-refractivity contribution in [2.45, 2.75) is 78.2 Å². The van der Waals surface area contributed by atoms with E-state index < -0.39 is 0 Å². The molecule has 1 N–H and O–H groups in total. The van der Waals surface area contributed by atoms with Gasteiger partial charge in [0.2, 0.25) is 0 Å². The van der Waals surface area contributed by atoms with Crippen molar-refractivity contribution in [3.05, 3.63) is 53.1 Å². The van der Waals surface area contributed by atoms with Crippen LogP contribution in [0, 0.1) is 41.4 Å². The summed E-state index contributed by atoms with van der Waals surface area (Å²) in [5, 5.41) is 10.2. The number of carbonyl (C=O) groups excluding carboxylic acids is 1. The van der Waals surface area contributed by atoms with Crippen molar-refractivity contribution in [2.75, 3.05) is 0 Å². The minimum atomic E-state index is -0.141. The summed E-state index contributed by atoms with van der Waals surface area (Å²) in [6, 6.07) is 8.29. The second-order valence-corrected chi connectivity index (χ2v) is 11.4. The number of hydrogen-bond acceptors (Lipinski definition) is 2. The molecule has 3 saturated carbocycles. The van der Waals surface area contributed by atoms with E-state index in [4.69, 9.17) is 0 Å². The molecule has 0 aliphatic heterocycles. The summed E-state index contributed by atoms with van der Waals surface area (Å²) in [6.45, 7) is 7.01.